The SMILES string of the molecule is C=CC(=O)N1CCOC[C@H]1C(=O)NC(Cc1ccccc1)C(=O)NC1CCCCC1. The normalized spacial score (nSPS) is 20.8. The van der Waals surface area contributed by atoms with Gasteiger partial charge in [0.15, 0.2) is 0 Å². The molecular formula is C23H31N3O4. The minimum Gasteiger partial charge on any atom is -0.377 e. The molecule has 7 heteroatoms. The van der Waals surface area contributed by atoms with Crippen LogP contribution in [0.1, 0.15) is 37.7 Å². The van der Waals surface area contributed by atoms with Crippen LogP contribution in [-0.4, -0.2) is 60.5 Å². The van der Waals surface area contributed by atoms with Gasteiger partial charge in [0.05, 0.1) is 13.2 Å². The van der Waals surface area contributed by atoms with Crippen molar-refractivity contribution >= 4 is 17.7 Å². The molecule has 7 nitrogen and oxygen atoms in total. The number of amides is 3. The van der Waals surface area contributed by atoms with Crippen molar-refractivity contribution in [3.8, 4) is 0 Å². The van der Waals surface area contributed by atoms with Crippen molar-refractivity contribution < 1.29 is 19.1 Å². The lowest BCUT2D eigenvalue weighted by Gasteiger charge is -2.35. The molecule has 2 atom stereocenters. The molecule has 162 valence electrons. The highest BCUT2D eigenvalue weighted by atomic mass is 16.5. The average molecular weight is 414 g/mol. The molecule has 3 rings (SSSR count). The fourth-order valence-electron chi connectivity index (χ4n) is 4.08. The fourth-order valence-corrected chi connectivity index (χ4v) is 4.08. The van der Waals surface area contributed by atoms with Gasteiger partial charge >= 0.3 is 0 Å². The van der Waals surface area contributed by atoms with Gasteiger partial charge in [-0.15, -0.1) is 0 Å². The third kappa shape index (κ3) is 5.92. The maximum Gasteiger partial charge on any atom is 0.246 e. The predicted molar refractivity (Wildman–Crippen MR) is 114 cm³/mol. The molecule has 1 aromatic carbocycles. The summed E-state index contributed by atoms with van der Waals surface area (Å²) in [5.74, 6) is -0.883. The molecule has 2 N–H and O–H groups in total. The van der Waals surface area contributed by atoms with Gasteiger partial charge in [-0.25, -0.2) is 0 Å². The van der Waals surface area contributed by atoms with Crippen molar-refractivity contribution in [2.75, 3.05) is 19.8 Å². The number of carbonyl (C=O) groups excluding carboxylic acids is 3. The Hall–Kier alpha value is -2.67. The van der Waals surface area contributed by atoms with Gasteiger partial charge in [-0.05, 0) is 24.5 Å². The minimum atomic E-state index is -0.773. The monoisotopic (exact) mass is 413 g/mol. The highest BCUT2D eigenvalue weighted by Crippen LogP contribution is 2.18. The quantitative estimate of drug-likeness (QED) is 0.665. The first kappa shape index (κ1) is 22.0. The van der Waals surface area contributed by atoms with Crippen LogP contribution in [0.2, 0.25) is 0 Å². The Bertz CT molecular complexity index is 746. The van der Waals surface area contributed by atoms with Crippen LogP contribution in [0, 0.1) is 0 Å². The Morgan fingerprint density at radius 2 is 1.90 bits per heavy atom. The van der Waals surface area contributed by atoms with Gasteiger partial charge in [0, 0.05) is 19.0 Å². The molecule has 0 radical (unpaired) electrons. The van der Waals surface area contributed by atoms with E-state index in [1.165, 1.54) is 17.4 Å². The first-order chi connectivity index (χ1) is 14.6. The summed E-state index contributed by atoms with van der Waals surface area (Å²) >= 11 is 0. The zero-order chi connectivity index (χ0) is 21.3. The number of rotatable bonds is 7. The van der Waals surface area contributed by atoms with Crippen LogP contribution in [0.15, 0.2) is 43.0 Å². The molecular weight excluding hydrogens is 382 g/mol. The summed E-state index contributed by atoms with van der Waals surface area (Å²) in [4.78, 5) is 39.7. The second kappa shape index (κ2) is 10.9. The van der Waals surface area contributed by atoms with Crippen molar-refractivity contribution in [2.24, 2.45) is 0 Å². The zero-order valence-electron chi connectivity index (χ0n) is 17.3. The van der Waals surface area contributed by atoms with Crippen molar-refractivity contribution in [3.05, 3.63) is 48.6 Å². The summed E-state index contributed by atoms with van der Waals surface area (Å²) < 4.78 is 5.42. The lowest BCUT2D eigenvalue weighted by Crippen LogP contribution is -2.59. The van der Waals surface area contributed by atoms with Crippen LogP contribution in [0.3, 0.4) is 0 Å². The molecule has 1 aliphatic carbocycles. The van der Waals surface area contributed by atoms with E-state index in [2.05, 4.69) is 17.2 Å². The van der Waals surface area contributed by atoms with Crippen LogP contribution in [0.25, 0.3) is 0 Å². The van der Waals surface area contributed by atoms with Crippen LogP contribution in [-0.2, 0) is 25.5 Å². The van der Waals surface area contributed by atoms with E-state index < -0.39 is 12.1 Å². The van der Waals surface area contributed by atoms with Gasteiger partial charge in [-0.1, -0.05) is 56.2 Å². The van der Waals surface area contributed by atoms with E-state index >= 15 is 0 Å². The van der Waals surface area contributed by atoms with Gasteiger partial charge in [0.1, 0.15) is 12.1 Å². The summed E-state index contributed by atoms with van der Waals surface area (Å²) in [5.41, 5.74) is 0.959. The average Bonchev–Trinajstić information content (AvgIpc) is 2.79. The summed E-state index contributed by atoms with van der Waals surface area (Å²) in [7, 11) is 0. The number of morpholine rings is 1. The van der Waals surface area contributed by atoms with Crippen molar-refractivity contribution in [1.82, 2.24) is 15.5 Å². The van der Waals surface area contributed by atoms with Crippen LogP contribution >= 0.6 is 0 Å². The van der Waals surface area contributed by atoms with E-state index in [4.69, 9.17) is 4.74 Å². The Balaban J connectivity index is 1.71. The van der Waals surface area contributed by atoms with Gasteiger partial charge in [0.25, 0.3) is 0 Å². The molecule has 0 spiro atoms. The molecule has 30 heavy (non-hydrogen) atoms. The van der Waals surface area contributed by atoms with Crippen LogP contribution < -0.4 is 10.6 Å². The summed E-state index contributed by atoms with van der Waals surface area (Å²) in [6, 6.07) is 8.26. The first-order valence-electron chi connectivity index (χ1n) is 10.7. The van der Waals surface area contributed by atoms with Gasteiger partial charge < -0.3 is 20.3 Å². The number of carbonyl (C=O) groups is 3. The Morgan fingerprint density at radius 1 is 1.17 bits per heavy atom. The van der Waals surface area contributed by atoms with E-state index in [1.807, 2.05) is 30.3 Å². The topological polar surface area (TPSA) is 87.7 Å². The number of nitrogens with zero attached hydrogens (tertiary/aromatic N) is 1. The zero-order valence-corrected chi connectivity index (χ0v) is 17.3. The van der Waals surface area contributed by atoms with E-state index in [-0.39, 0.29) is 30.4 Å². The highest BCUT2D eigenvalue weighted by molar-refractivity contribution is 5.95. The number of nitrogens with one attached hydrogen (secondary N) is 2. The summed E-state index contributed by atoms with van der Waals surface area (Å²) in [6.45, 7) is 4.31. The molecule has 1 aliphatic heterocycles. The van der Waals surface area contributed by atoms with E-state index in [0.29, 0.717) is 19.6 Å². The molecule has 2 aliphatic rings. The predicted octanol–water partition coefficient (Wildman–Crippen LogP) is 1.58. The summed E-state index contributed by atoms with van der Waals surface area (Å²) in [6.07, 6.45) is 6.94. The number of hydrogen-bond donors (Lipinski definition) is 2. The number of benzene rings is 1. The van der Waals surface area contributed by atoms with Gasteiger partial charge in [0.2, 0.25) is 17.7 Å². The second-order valence-electron chi connectivity index (χ2n) is 7.92. The lowest BCUT2D eigenvalue weighted by atomic mass is 9.95. The smallest absolute Gasteiger partial charge is 0.246 e. The Morgan fingerprint density at radius 3 is 2.60 bits per heavy atom. The third-order valence-corrected chi connectivity index (χ3v) is 5.76. The molecule has 1 aromatic rings. The van der Waals surface area contributed by atoms with Crippen molar-refractivity contribution in [1.29, 1.82) is 0 Å². The molecule has 1 unspecified atom stereocenters. The molecule has 0 aromatic heterocycles. The van der Waals surface area contributed by atoms with Crippen LogP contribution in [0.4, 0.5) is 0 Å². The maximum atomic E-state index is 13.1. The molecule has 1 saturated carbocycles. The van der Waals surface area contributed by atoms with Crippen molar-refractivity contribution in [3.63, 3.8) is 0 Å². The van der Waals surface area contributed by atoms with E-state index in [0.717, 1.165) is 31.2 Å². The number of ether oxygens (including phenoxy) is 1. The molecule has 1 heterocycles. The summed E-state index contributed by atoms with van der Waals surface area (Å²) in [5, 5.41) is 5.99. The largest absolute Gasteiger partial charge is 0.377 e. The third-order valence-electron chi connectivity index (χ3n) is 5.76. The lowest BCUT2D eigenvalue weighted by molar-refractivity contribution is -0.146. The Labute approximate surface area is 177 Å². The minimum absolute atomic E-state index is 0.105. The van der Waals surface area contributed by atoms with Gasteiger partial charge in [-0.3, -0.25) is 14.4 Å². The van der Waals surface area contributed by atoms with Crippen LogP contribution in [0.5, 0.6) is 0 Å². The first-order valence-corrected chi connectivity index (χ1v) is 10.7. The Kier molecular flexibility index (Phi) is 8.02. The molecule has 0 bridgehead atoms. The maximum absolute atomic E-state index is 13.1. The van der Waals surface area contributed by atoms with E-state index in [9.17, 15) is 14.4 Å². The molecule has 2 fully saturated rings. The highest BCUT2D eigenvalue weighted by Gasteiger charge is 2.34. The van der Waals surface area contributed by atoms with E-state index in [1.54, 1.807) is 0 Å². The second-order valence-corrected chi connectivity index (χ2v) is 7.92. The fraction of sp³-hybridized carbons (Fsp3) is 0.522. The molecule has 3 amide bonds. The van der Waals surface area contributed by atoms with Gasteiger partial charge in [-0.2, -0.15) is 0 Å². The van der Waals surface area contributed by atoms with Crippen molar-refractivity contribution in [2.45, 2.75) is 56.7 Å². The molecule has 1 saturated heterocycles. The number of hydrogen-bond acceptors (Lipinski definition) is 4. The standard InChI is InChI=1S/C23H31N3O4/c1-2-21(27)26-13-14-30-16-20(26)23(29)25-19(15-17-9-5-3-6-10-17)22(28)24-18-11-7-4-8-12-18/h2-3,5-6,9-10,18-20H,1,4,7-8,11-16H2,(H,24,28)(H,25,29)/t19?,20-/m0/s1.